The van der Waals surface area contributed by atoms with Crippen molar-refractivity contribution in [2.24, 2.45) is 7.05 Å². The number of anilines is 2. The third-order valence-electron chi connectivity index (χ3n) is 5.60. The summed E-state index contributed by atoms with van der Waals surface area (Å²) in [6.45, 7) is 4.49. The molecule has 1 saturated heterocycles. The Balaban J connectivity index is 1.49. The monoisotopic (exact) mass is 479 g/mol. The van der Waals surface area contributed by atoms with Crippen LogP contribution in [0.3, 0.4) is 0 Å². The second kappa shape index (κ2) is 11.5. The van der Waals surface area contributed by atoms with Crippen molar-refractivity contribution in [3.05, 3.63) is 70.6 Å². The van der Waals surface area contributed by atoms with E-state index in [4.69, 9.17) is 14.2 Å². The SMILES string of the molecule is COc1ccccc1Oc1cnn(C)c(=O)c1Nc1cccc(C(=O)NCCN2CCOCC2)c1. The Kier molecular flexibility index (Phi) is 7.96. The molecule has 2 aromatic carbocycles. The van der Waals surface area contributed by atoms with E-state index < -0.39 is 0 Å². The van der Waals surface area contributed by atoms with Gasteiger partial charge in [0.05, 0.1) is 26.5 Å². The minimum Gasteiger partial charge on any atom is -0.493 e. The summed E-state index contributed by atoms with van der Waals surface area (Å²) in [7, 11) is 3.10. The molecule has 0 saturated carbocycles. The molecule has 0 radical (unpaired) electrons. The Labute approximate surface area is 203 Å². The zero-order chi connectivity index (χ0) is 24.6. The molecular formula is C25H29N5O5. The molecule has 2 heterocycles. The molecule has 1 fully saturated rings. The van der Waals surface area contributed by atoms with Gasteiger partial charge in [-0.15, -0.1) is 0 Å². The standard InChI is InChI=1S/C25H29N5O5/c1-29-25(32)23(22(17-27-29)35-21-9-4-3-8-20(21)33-2)28-19-7-5-6-18(16-19)24(31)26-10-11-30-12-14-34-15-13-30/h3-9,16-17,28H,10-15H2,1-2H3,(H,26,31). The van der Waals surface area contributed by atoms with Crippen molar-refractivity contribution in [3.8, 4) is 17.2 Å². The summed E-state index contributed by atoms with van der Waals surface area (Å²) in [5, 5.41) is 10.1. The lowest BCUT2D eigenvalue weighted by Crippen LogP contribution is -2.41. The first kappa shape index (κ1) is 24.2. The van der Waals surface area contributed by atoms with Crippen LogP contribution in [0, 0.1) is 0 Å². The van der Waals surface area contributed by atoms with Gasteiger partial charge in [-0.3, -0.25) is 14.5 Å². The predicted molar refractivity (Wildman–Crippen MR) is 132 cm³/mol. The van der Waals surface area contributed by atoms with Crippen LogP contribution in [0.1, 0.15) is 10.4 Å². The summed E-state index contributed by atoms with van der Waals surface area (Å²) in [6.07, 6.45) is 1.46. The number of aryl methyl sites for hydroxylation is 1. The van der Waals surface area contributed by atoms with Crippen molar-refractivity contribution in [3.63, 3.8) is 0 Å². The van der Waals surface area contributed by atoms with Crippen molar-refractivity contribution in [1.29, 1.82) is 0 Å². The number of ether oxygens (including phenoxy) is 3. The number of benzene rings is 2. The number of hydrogen-bond donors (Lipinski definition) is 2. The van der Waals surface area contributed by atoms with Gasteiger partial charge in [0, 0.05) is 44.5 Å². The number of hydrogen-bond acceptors (Lipinski definition) is 8. The molecule has 3 aromatic rings. The summed E-state index contributed by atoms with van der Waals surface area (Å²) >= 11 is 0. The summed E-state index contributed by atoms with van der Waals surface area (Å²) in [4.78, 5) is 27.8. The quantitative estimate of drug-likeness (QED) is 0.482. The molecule has 10 heteroatoms. The maximum Gasteiger partial charge on any atom is 0.294 e. The minimum atomic E-state index is -0.377. The maximum atomic E-state index is 12.9. The average Bonchev–Trinajstić information content (AvgIpc) is 2.89. The second-order valence-corrected chi connectivity index (χ2v) is 7.98. The first-order chi connectivity index (χ1) is 17.0. The number of nitrogens with one attached hydrogen (secondary N) is 2. The molecule has 0 unspecified atom stereocenters. The maximum absolute atomic E-state index is 12.9. The molecule has 1 aliphatic heterocycles. The first-order valence-corrected chi connectivity index (χ1v) is 11.4. The highest BCUT2D eigenvalue weighted by molar-refractivity contribution is 5.95. The number of carbonyl (C=O) groups is 1. The summed E-state index contributed by atoms with van der Waals surface area (Å²) in [6, 6.07) is 14.1. The number of aromatic nitrogens is 2. The first-order valence-electron chi connectivity index (χ1n) is 11.4. The molecule has 1 aliphatic rings. The van der Waals surface area contributed by atoms with Crippen LogP contribution in [0.4, 0.5) is 11.4 Å². The molecule has 4 rings (SSSR count). The molecule has 0 atom stereocenters. The molecule has 1 aromatic heterocycles. The topological polar surface area (TPSA) is 107 Å². The van der Waals surface area contributed by atoms with Gasteiger partial charge in [0.2, 0.25) is 0 Å². The number of morpholine rings is 1. The highest BCUT2D eigenvalue weighted by atomic mass is 16.5. The summed E-state index contributed by atoms with van der Waals surface area (Å²) < 4.78 is 17.9. The van der Waals surface area contributed by atoms with E-state index in [-0.39, 0.29) is 22.9 Å². The predicted octanol–water partition coefficient (Wildman–Crippen LogP) is 2.39. The van der Waals surface area contributed by atoms with Gasteiger partial charge in [0.25, 0.3) is 11.5 Å². The molecule has 1 amide bonds. The number of amides is 1. The van der Waals surface area contributed by atoms with E-state index in [0.717, 1.165) is 32.8 Å². The molecular weight excluding hydrogens is 450 g/mol. The van der Waals surface area contributed by atoms with Gasteiger partial charge in [-0.1, -0.05) is 18.2 Å². The van der Waals surface area contributed by atoms with Gasteiger partial charge in [0.15, 0.2) is 22.9 Å². The van der Waals surface area contributed by atoms with Gasteiger partial charge in [-0.25, -0.2) is 4.68 Å². The average molecular weight is 480 g/mol. The van der Waals surface area contributed by atoms with Crippen LogP contribution >= 0.6 is 0 Å². The Hall–Kier alpha value is -3.89. The van der Waals surface area contributed by atoms with E-state index in [1.807, 2.05) is 6.07 Å². The Morgan fingerprint density at radius 1 is 1.09 bits per heavy atom. The van der Waals surface area contributed by atoms with Gasteiger partial charge in [0.1, 0.15) is 0 Å². The smallest absolute Gasteiger partial charge is 0.294 e. The molecule has 0 bridgehead atoms. The van der Waals surface area contributed by atoms with Gasteiger partial charge >= 0.3 is 0 Å². The van der Waals surface area contributed by atoms with Crippen LogP contribution < -0.4 is 25.7 Å². The van der Waals surface area contributed by atoms with E-state index in [1.54, 1.807) is 56.6 Å². The lowest BCUT2D eigenvalue weighted by Gasteiger charge is -2.26. The third-order valence-corrected chi connectivity index (χ3v) is 5.60. The highest BCUT2D eigenvalue weighted by Crippen LogP contribution is 2.34. The summed E-state index contributed by atoms with van der Waals surface area (Å²) in [5.41, 5.74) is 0.866. The van der Waals surface area contributed by atoms with Gasteiger partial charge in [-0.05, 0) is 30.3 Å². The van der Waals surface area contributed by atoms with Crippen LogP contribution in [0.5, 0.6) is 17.2 Å². The van der Waals surface area contributed by atoms with E-state index in [9.17, 15) is 9.59 Å². The fourth-order valence-corrected chi connectivity index (χ4v) is 3.67. The lowest BCUT2D eigenvalue weighted by atomic mass is 10.2. The van der Waals surface area contributed by atoms with Crippen LogP contribution in [0.15, 0.2) is 59.5 Å². The minimum absolute atomic E-state index is 0.185. The zero-order valence-electron chi connectivity index (χ0n) is 19.8. The zero-order valence-corrected chi connectivity index (χ0v) is 19.8. The number of methoxy groups -OCH3 is 1. The molecule has 10 nitrogen and oxygen atoms in total. The van der Waals surface area contributed by atoms with E-state index in [1.165, 1.54) is 10.9 Å². The number of rotatable bonds is 9. The molecule has 0 aliphatic carbocycles. The van der Waals surface area contributed by atoms with Gasteiger partial charge < -0.3 is 24.8 Å². The Morgan fingerprint density at radius 2 is 1.86 bits per heavy atom. The molecule has 184 valence electrons. The van der Waals surface area contributed by atoms with E-state index >= 15 is 0 Å². The van der Waals surface area contributed by atoms with Crippen molar-refractivity contribution >= 4 is 17.3 Å². The van der Waals surface area contributed by atoms with Crippen LogP contribution in [0.2, 0.25) is 0 Å². The Morgan fingerprint density at radius 3 is 2.63 bits per heavy atom. The van der Waals surface area contributed by atoms with Gasteiger partial charge in [-0.2, -0.15) is 5.10 Å². The third kappa shape index (κ3) is 6.17. The van der Waals surface area contributed by atoms with Crippen LogP contribution in [-0.2, 0) is 11.8 Å². The fraction of sp³-hybridized carbons (Fsp3) is 0.320. The molecule has 35 heavy (non-hydrogen) atoms. The summed E-state index contributed by atoms with van der Waals surface area (Å²) in [5.74, 6) is 1.02. The number of carbonyl (C=O) groups excluding carboxylic acids is 1. The van der Waals surface area contributed by atoms with Crippen molar-refractivity contribution in [2.75, 3.05) is 51.8 Å². The molecule has 2 N–H and O–H groups in total. The number of nitrogens with zero attached hydrogens (tertiary/aromatic N) is 3. The fourth-order valence-electron chi connectivity index (χ4n) is 3.67. The Bertz CT molecular complexity index is 1220. The second-order valence-electron chi connectivity index (χ2n) is 7.98. The van der Waals surface area contributed by atoms with Crippen LogP contribution in [-0.4, -0.2) is 67.1 Å². The van der Waals surface area contributed by atoms with E-state index in [2.05, 4.69) is 20.6 Å². The number of para-hydroxylation sites is 2. The largest absolute Gasteiger partial charge is 0.493 e. The van der Waals surface area contributed by atoms with Crippen molar-refractivity contribution < 1.29 is 19.0 Å². The van der Waals surface area contributed by atoms with Crippen molar-refractivity contribution in [1.82, 2.24) is 20.0 Å². The van der Waals surface area contributed by atoms with E-state index in [0.29, 0.717) is 29.3 Å². The normalized spacial score (nSPS) is 13.8. The van der Waals surface area contributed by atoms with Crippen molar-refractivity contribution in [2.45, 2.75) is 0 Å². The lowest BCUT2D eigenvalue weighted by molar-refractivity contribution is 0.0383. The van der Waals surface area contributed by atoms with Crippen LogP contribution in [0.25, 0.3) is 0 Å². The highest BCUT2D eigenvalue weighted by Gasteiger charge is 2.16. The molecule has 0 spiro atoms.